The second-order valence-corrected chi connectivity index (χ2v) is 7.96. The van der Waals surface area contributed by atoms with Crippen molar-refractivity contribution in [1.29, 1.82) is 0 Å². The number of benzene rings is 1. The zero-order valence-electron chi connectivity index (χ0n) is 10.3. The zero-order valence-corrected chi connectivity index (χ0v) is 13.4. The molecule has 1 unspecified atom stereocenters. The molecule has 1 heterocycles. The number of carboxylic acids is 1. The predicted molar refractivity (Wildman–Crippen MR) is 81.5 cm³/mol. The summed E-state index contributed by atoms with van der Waals surface area (Å²) in [6.07, 6.45) is 0. The number of aliphatic carboxylic acids is 1. The van der Waals surface area contributed by atoms with E-state index in [4.69, 9.17) is 23.2 Å². The Morgan fingerprint density at radius 1 is 1.24 bits per heavy atom. The molecule has 112 valence electrons. The average molecular weight is 366 g/mol. The molecule has 21 heavy (non-hydrogen) atoms. The molecule has 0 spiro atoms. The molecular weight excluding hydrogens is 357 g/mol. The lowest BCUT2D eigenvalue weighted by Crippen LogP contribution is -2.33. The quantitative estimate of drug-likeness (QED) is 0.852. The molecule has 5 nitrogen and oxygen atoms in total. The summed E-state index contributed by atoms with van der Waals surface area (Å²) in [7, 11) is -4.10. The van der Waals surface area contributed by atoms with E-state index in [1.54, 1.807) is 18.2 Å². The van der Waals surface area contributed by atoms with Gasteiger partial charge in [-0.15, -0.1) is 11.3 Å². The lowest BCUT2D eigenvalue weighted by atomic mass is 10.1. The van der Waals surface area contributed by atoms with E-state index in [1.807, 2.05) is 0 Å². The lowest BCUT2D eigenvalue weighted by Gasteiger charge is -2.14. The van der Waals surface area contributed by atoms with Crippen LogP contribution in [0.3, 0.4) is 0 Å². The van der Waals surface area contributed by atoms with Crippen molar-refractivity contribution in [1.82, 2.24) is 4.72 Å². The van der Waals surface area contributed by atoms with Gasteiger partial charge in [0.1, 0.15) is 15.3 Å². The van der Waals surface area contributed by atoms with Gasteiger partial charge in [0.05, 0.1) is 4.34 Å². The topological polar surface area (TPSA) is 83.5 Å². The zero-order chi connectivity index (χ0) is 15.6. The first-order valence-electron chi connectivity index (χ1n) is 5.56. The Labute approximate surface area is 135 Å². The van der Waals surface area contributed by atoms with E-state index >= 15 is 0 Å². The van der Waals surface area contributed by atoms with Crippen LogP contribution >= 0.6 is 34.5 Å². The SMILES string of the molecule is O=C(O)C(NS(=O)(=O)c1cc(Cl)sc1Cl)c1ccccc1. The molecule has 2 rings (SSSR count). The molecule has 0 aliphatic rings. The van der Waals surface area contributed by atoms with Crippen LogP contribution in [0.4, 0.5) is 0 Å². The van der Waals surface area contributed by atoms with Crippen molar-refractivity contribution in [3.63, 3.8) is 0 Å². The average Bonchev–Trinajstić information content (AvgIpc) is 2.77. The van der Waals surface area contributed by atoms with Gasteiger partial charge in [0.15, 0.2) is 0 Å². The number of rotatable bonds is 5. The number of hydrogen-bond donors (Lipinski definition) is 2. The van der Waals surface area contributed by atoms with Gasteiger partial charge in [-0.3, -0.25) is 4.79 Å². The third-order valence-electron chi connectivity index (χ3n) is 2.57. The van der Waals surface area contributed by atoms with Crippen molar-refractivity contribution < 1.29 is 18.3 Å². The first-order valence-corrected chi connectivity index (χ1v) is 8.62. The molecule has 1 aromatic carbocycles. The van der Waals surface area contributed by atoms with Crippen LogP contribution in [0.5, 0.6) is 0 Å². The monoisotopic (exact) mass is 365 g/mol. The van der Waals surface area contributed by atoms with Crippen LogP contribution in [0.25, 0.3) is 0 Å². The molecule has 2 aromatic rings. The van der Waals surface area contributed by atoms with Crippen LogP contribution in [-0.2, 0) is 14.8 Å². The van der Waals surface area contributed by atoms with Crippen LogP contribution < -0.4 is 4.72 Å². The standard InChI is InChI=1S/C12H9Cl2NO4S2/c13-9-6-8(11(14)20-9)21(18,19)15-10(12(16)17)7-4-2-1-3-5-7/h1-6,10,15H,(H,16,17). The van der Waals surface area contributed by atoms with Crippen molar-refractivity contribution in [3.05, 3.63) is 50.6 Å². The molecule has 2 N–H and O–H groups in total. The van der Waals surface area contributed by atoms with E-state index in [0.29, 0.717) is 5.56 Å². The highest BCUT2D eigenvalue weighted by molar-refractivity contribution is 7.89. The van der Waals surface area contributed by atoms with Crippen LogP contribution in [-0.4, -0.2) is 19.5 Å². The summed E-state index contributed by atoms with van der Waals surface area (Å²) >= 11 is 12.4. The van der Waals surface area contributed by atoms with E-state index in [2.05, 4.69) is 4.72 Å². The minimum Gasteiger partial charge on any atom is -0.480 e. The van der Waals surface area contributed by atoms with Crippen LogP contribution in [0.15, 0.2) is 41.3 Å². The summed E-state index contributed by atoms with van der Waals surface area (Å²) in [6.45, 7) is 0. The van der Waals surface area contributed by atoms with Crippen molar-refractivity contribution in [2.24, 2.45) is 0 Å². The number of carboxylic acid groups (broad SMARTS) is 1. The highest BCUT2D eigenvalue weighted by Gasteiger charge is 2.29. The highest BCUT2D eigenvalue weighted by atomic mass is 35.5. The lowest BCUT2D eigenvalue weighted by molar-refractivity contribution is -0.139. The minimum atomic E-state index is -4.10. The van der Waals surface area contributed by atoms with Gasteiger partial charge < -0.3 is 5.11 Å². The summed E-state index contributed by atoms with van der Waals surface area (Å²) in [4.78, 5) is 11.1. The molecule has 0 bridgehead atoms. The Kier molecular flexibility index (Phi) is 4.90. The fraction of sp³-hybridized carbons (Fsp3) is 0.0833. The second-order valence-electron chi connectivity index (χ2n) is 3.99. The molecule has 0 aliphatic carbocycles. The summed E-state index contributed by atoms with van der Waals surface area (Å²) < 4.78 is 26.8. The third kappa shape index (κ3) is 3.75. The van der Waals surface area contributed by atoms with Gasteiger partial charge in [0, 0.05) is 0 Å². The van der Waals surface area contributed by atoms with Gasteiger partial charge >= 0.3 is 5.97 Å². The number of nitrogens with one attached hydrogen (secondary N) is 1. The van der Waals surface area contributed by atoms with Gasteiger partial charge in [-0.25, -0.2) is 8.42 Å². The molecule has 9 heteroatoms. The first kappa shape index (κ1) is 16.3. The fourth-order valence-corrected chi connectivity index (χ4v) is 4.96. The largest absolute Gasteiger partial charge is 0.480 e. The van der Waals surface area contributed by atoms with Crippen molar-refractivity contribution >= 4 is 50.5 Å². The predicted octanol–water partition coefficient (Wildman–Crippen LogP) is 3.16. The number of thiophene rings is 1. The van der Waals surface area contributed by atoms with Crippen molar-refractivity contribution in [3.8, 4) is 0 Å². The van der Waals surface area contributed by atoms with Gasteiger partial charge in [0.25, 0.3) is 0 Å². The summed E-state index contributed by atoms with van der Waals surface area (Å²) in [5.41, 5.74) is 0.311. The third-order valence-corrected chi connectivity index (χ3v) is 5.74. The summed E-state index contributed by atoms with van der Waals surface area (Å²) in [6, 6.07) is 7.74. The molecule has 1 atom stereocenters. The van der Waals surface area contributed by atoms with E-state index in [1.165, 1.54) is 18.2 Å². The van der Waals surface area contributed by atoms with Crippen LogP contribution in [0, 0.1) is 0 Å². The number of hydrogen-bond acceptors (Lipinski definition) is 4. The molecule has 0 aliphatic heterocycles. The Bertz CT molecular complexity index is 759. The molecule has 0 radical (unpaired) electrons. The smallest absolute Gasteiger partial charge is 0.326 e. The minimum absolute atomic E-state index is 0.0234. The van der Waals surface area contributed by atoms with E-state index in [9.17, 15) is 18.3 Å². The second kappa shape index (κ2) is 6.33. The summed E-state index contributed by atoms with van der Waals surface area (Å²) in [5, 5.41) is 9.23. The Morgan fingerprint density at radius 3 is 2.33 bits per heavy atom. The Balaban J connectivity index is 2.37. The highest BCUT2D eigenvalue weighted by Crippen LogP contribution is 2.34. The molecule has 1 aromatic heterocycles. The Morgan fingerprint density at radius 2 is 1.86 bits per heavy atom. The van der Waals surface area contributed by atoms with Gasteiger partial charge in [0.2, 0.25) is 10.0 Å². The Hall–Kier alpha value is -1.12. The van der Waals surface area contributed by atoms with E-state index in [0.717, 1.165) is 11.3 Å². The normalized spacial score (nSPS) is 13.0. The maximum atomic E-state index is 12.2. The van der Waals surface area contributed by atoms with E-state index < -0.39 is 22.0 Å². The number of halogens is 2. The van der Waals surface area contributed by atoms with Crippen LogP contribution in [0.2, 0.25) is 8.67 Å². The molecule has 0 amide bonds. The van der Waals surface area contributed by atoms with Gasteiger partial charge in [-0.05, 0) is 11.6 Å². The summed E-state index contributed by atoms with van der Waals surface area (Å²) in [5.74, 6) is -1.32. The maximum Gasteiger partial charge on any atom is 0.326 e. The molecule has 0 saturated heterocycles. The van der Waals surface area contributed by atoms with Crippen molar-refractivity contribution in [2.75, 3.05) is 0 Å². The fourth-order valence-electron chi connectivity index (χ4n) is 1.63. The first-order chi connectivity index (χ1) is 9.81. The maximum absolute atomic E-state index is 12.2. The molecule has 0 fully saturated rings. The van der Waals surface area contributed by atoms with Crippen molar-refractivity contribution in [2.45, 2.75) is 10.9 Å². The van der Waals surface area contributed by atoms with Gasteiger partial charge in [-0.1, -0.05) is 53.5 Å². The molecular formula is C12H9Cl2NO4S2. The van der Waals surface area contributed by atoms with Crippen LogP contribution in [0.1, 0.15) is 11.6 Å². The van der Waals surface area contributed by atoms with E-state index in [-0.39, 0.29) is 13.6 Å². The number of sulfonamides is 1. The number of carbonyl (C=O) groups is 1. The molecule has 0 saturated carbocycles. The van der Waals surface area contributed by atoms with Gasteiger partial charge in [-0.2, -0.15) is 4.72 Å².